The van der Waals surface area contributed by atoms with Crippen LogP contribution < -0.4 is 41.2 Å². The summed E-state index contributed by atoms with van der Waals surface area (Å²) in [7, 11) is 0. The molecule has 0 aromatic carbocycles. The van der Waals surface area contributed by atoms with E-state index in [1.54, 1.807) is 0 Å². The van der Waals surface area contributed by atoms with Gasteiger partial charge in [0.2, 0.25) is 0 Å². The van der Waals surface area contributed by atoms with Crippen molar-refractivity contribution in [2.75, 3.05) is 0 Å². The van der Waals surface area contributed by atoms with Gasteiger partial charge < -0.3 is 12.0 Å². The Hall–Kier alpha value is 0.680. The van der Waals surface area contributed by atoms with Gasteiger partial charge in [-0.1, -0.05) is 24.9 Å². The molecule has 0 fully saturated rings. The van der Waals surface area contributed by atoms with Crippen molar-refractivity contribution in [3.05, 3.63) is 0 Å². The van der Waals surface area contributed by atoms with E-state index >= 15 is 0 Å². The van der Waals surface area contributed by atoms with Gasteiger partial charge >= 0.3 is 35.5 Å². The van der Waals surface area contributed by atoms with Gasteiger partial charge in [0.15, 0.2) is 5.00 Å². The third-order valence-electron chi connectivity index (χ3n) is 1.06. The fourth-order valence-electron chi connectivity index (χ4n) is 0.564. The summed E-state index contributed by atoms with van der Waals surface area (Å²) in [5.74, 6) is 3.78. The van der Waals surface area contributed by atoms with E-state index in [9.17, 15) is 4.79 Å². The Kier molecular flexibility index (Phi) is 8.04. The Morgan fingerprint density at radius 1 is 1.82 bits per heavy atom. The minimum absolute atomic E-state index is 0. The Morgan fingerprint density at radius 3 is 2.55 bits per heavy atom. The van der Waals surface area contributed by atoms with Gasteiger partial charge in [-0.3, -0.25) is 0 Å². The van der Waals surface area contributed by atoms with Crippen molar-refractivity contribution < 1.29 is 40.6 Å². The van der Waals surface area contributed by atoms with Crippen molar-refractivity contribution in [2.24, 2.45) is 11.6 Å². The zero-order chi connectivity index (χ0) is 8.20. The molecule has 11 heavy (non-hydrogen) atoms. The summed E-state index contributed by atoms with van der Waals surface area (Å²) in [5.41, 5.74) is 5.29. The van der Waals surface area contributed by atoms with Crippen molar-refractivity contribution in [1.82, 2.24) is 0 Å². The summed E-state index contributed by atoms with van der Waals surface area (Å²) in [5, 5.41) is 0. The van der Waals surface area contributed by atoms with Gasteiger partial charge in [-0.25, -0.2) is 4.79 Å². The molecule has 0 saturated carbocycles. The molecule has 4 nitrogen and oxygen atoms in total. The van der Waals surface area contributed by atoms with E-state index in [1.807, 2.05) is 6.92 Å². The number of alkyl halides is 1. The molecule has 62 valence electrons. The predicted molar refractivity (Wildman–Crippen MR) is 39.1 cm³/mol. The maximum absolute atomic E-state index is 10.6. The van der Waals surface area contributed by atoms with Crippen LogP contribution in [0.5, 0.6) is 0 Å². The van der Waals surface area contributed by atoms with Crippen LogP contribution in [0.25, 0.3) is 0 Å². The zero-order valence-electron chi connectivity index (χ0n) is 7.76. The molecule has 0 aliphatic heterocycles. The molecule has 0 spiro atoms. The molecule has 0 aromatic rings. The first-order valence-electron chi connectivity index (χ1n) is 2.93. The van der Waals surface area contributed by atoms with E-state index < -0.39 is 11.0 Å². The molecule has 6 heteroatoms. The number of carbonyl (C=O) groups is 1. The minimum Gasteiger partial charge on any atom is -1.00 e. The van der Waals surface area contributed by atoms with Crippen molar-refractivity contribution in [1.29, 1.82) is 0 Å². The molecular formula is C5H12ClN2NaO2. The average molecular weight is 191 g/mol. The van der Waals surface area contributed by atoms with Crippen molar-refractivity contribution in [3.8, 4) is 0 Å². The number of nitrogens with two attached hydrogens (primary N) is 2. The van der Waals surface area contributed by atoms with E-state index in [2.05, 4.69) is 10.7 Å². The number of hydrogen-bond acceptors (Lipinski definition) is 4. The second-order valence-corrected chi connectivity index (χ2v) is 2.69. The Morgan fingerprint density at radius 2 is 2.27 bits per heavy atom. The predicted octanol–water partition coefficient (Wildman–Crippen LogP) is -2.79. The number of carbonyl (C=O) groups excluding carboxylic acids is 1. The van der Waals surface area contributed by atoms with E-state index in [-0.39, 0.29) is 31.0 Å². The van der Waals surface area contributed by atoms with E-state index in [4.69, 9.17) is 17.3 Å². The van der Waals surface area contributed by atoms with Crippen LogP contribution in [-0.4, -0.2) is 11.0 Å². The van der Waals surface area contributed by atoms with Crippen LogP contribution in [-0.2, 0) is 9.63 Å². The Bertz CT molecular complexity index is 137. The maximum atomic E-state index is 10.6. The summed E-state index contributed by atoms with van der Waals surface area (Å²) in [4.78, 5) is 13.0. The van der Waals surface area contributed by atoms with E-state index in [1.165, 1.54) is 0 Å². The molecule has 0 saturated heterocycles. The first-order chi connectivity index (χ1) is 4.54. The first kappa shape index (κ1) is 14.2. The van der Waals surface area contributed by atoms with Crippen molar-refractivity contribution in [2.45, 2.75) is 24.8 Å². The number of rotatable bonds is 3. The molecule has 0 aliphatic carbocycles. The summed E-state index contributed by atoms with van der Waals surface area (Å²) in [6.45, 7) is 1.85. The second-order valence-electron chi connectivity index (χ2n) is 2.02. The van der Waals surface area contributed by atoms with E-state index in [0.717, 1.165) is 0 Å². The van der Waals surface area contributed by atoms with Crippen LogP contribution in [0.3, 0.4) is 0 Å². The van der Waals surface area contributed by atoms with Gasteiger partial charge in [-0.05, 0) is 6.42 Å². The molecule has 0 radical (unpaired) electrons. The monoisotopic (exact) mass is 190 g/mol. The summed E-state index contributed by atoms with van der Waals surface area (Å²) < 4.78 is 0. The number of halogens is 1. The Balaban J connectivity index is -0.000000405. The van der Waals surface area contributed by atoms with Crippen LogP contribution in [0.4, 0.5) is 0 Å². The van der Waals surface area contributed by atoms with Gasteiger partial charge in [0.25, 0.3) is 0 Å². The van der Waals surface area contributed by atoms with Gasteiger partial charge in [-0.2, -0.15) is 5.90 Å². The average Bonchev–Trinajstić information content (AvgIpc) is 1.86. The third kappa shape index (κ3) is 5.00. The molecule has 0 heterocycles. The Labute approximate surface area is 94.3 Å². The molecule has 1 unspecified atom stereocenters. The van der Waals surface area contributed by atoms with Crippen LogP contribution in [0, 0.1) is 0 Å². The molecular weight excluding hydrogens is 179 g/mol. The summed E-state index contributed by atoms with van der Waals surface area (Å²) in [6.07, 6.45) is 1.06. The maximum Gasteiger partial charge on any atom is 1.00 e. The van der Waals surface area contributed by atoms with Crippen LogP contribution in [0.15, 0.2) is 0 Å². The summed E-state index contributed by atoms with van der Waals surface area (Å²) >= 11 is 5.51. The normalized spacial score (nSPS) is 14.5. The molecule has 0 amide bonds. The van der Waals surface area contributed by atoms with Crippen LogP contribution in [0.2, 0.25) is 0 Å². The van der Waals surface area contributed by atoms with Gasteiger partial charge in [0.1, 0.15) is 0 Å². The SMILES string of the molecule is CCCC(N)(Cl)C(=O)ON.[H-].[Na+]. The zero-order valence-corrected chi connectivity index (χ0v) is 9.52. The molecule has 4 N–H and O–H groups in total. The molecule has 1 atom stereocenters. The second kappa shape index (κ2) is 6.22. The van der Waals surface area contributed by atoms with Crippen LogP contribution >= 0.6 is 11.6 Å². The fraction of sp³-hybridized carbons (Fsp3) is 0.800. The standard InChI is InChI=1S/C5H11ClN2O2.Na.H/c1-2-3-5(6,7)4(9)10-8;;/h2-3,7-8H2,1H3;;/q;+1;-1. The van der Waals surface area contributed by atoms with Gasteiger partial charge in [-0.15, -0.1) is 0 Å². The fourth-order valence-corrected chi connectivity index (χ4v) is 0.797. The van der Waals surface area contributed by atoms with Crippen molar-refractivity contribution in [3.63, 3.8) is 0 Å². The smallest absolute Gasteiger partial charge is 1.00 e. The summed E-state index contributed by atoms with van der Waals surface area (Å²) in [6, 6.07) is 0. The van der Waals surface area contributed by atoms with E-state index in [0.29, 0.717) is 12.8 Å². The molecule has 0 rings (SSSR count). The topological polar surface area (TPSA) is 78.3 Å². The minimum atomic E-state index is -1.45. The first-order valence-corrected chi connectivity index (χ1v) is 3.31. The molecule has 0 aromatic heterocycles. The third-order valence-corrected chi connectivity index (χ3v) is 1.40. The van der Waals surface area contributed by atoms with Crippen LogP contribution in [0.1, 0.15) is 21.2 Å². The number of hydrogen-bond donors (Lipinski definition) is 2. The van der Waals surface area contributed by atoms with Crippen molar-refractivity contribution >= 4 is 17.6 Å². The van der Waals surface area contributed by atoms with Gasteiger partial charge in [0, 0.05) is 0 Å². The van der Waals surface area contributed by atoms with Gasteiger partial charge in [0.05, 0.1) is 0 Å². The molecule has 0 bridgehead atoms. The quantitative estimate of drug-likeness (QED) is 0.218. The molecule has 0 aliphatic rings. The largest absolute Gasteiger partial charge is 1.00 e.